The van der Waals surface area contributed by atoms with Gasteiger partial charge in [0.05, 0.1) is 0 Å². The number of para-hydroxylation sites is 1. The second-order valence-corrected chi connectivity index (χ2v) is 5.50. The molecule has 0 aliphatic heterocycles. The van der Waals surface area contributed by atoms with E-state index in [0.717, 1.165) is 13.1 Å². The first-order chi connectivity index (χ1) is 9.66. The van der Waals surface area contributed by atoms with Gasteiger partial charge < -0.3 is 9.84 Å². The molecule has 0 bridgehead atoms. The van der Waals surface area contributed by atoms with Crippen LogP contribution in [0.15, 0.2) is 41.8 Å². The summed E-state index contributed by atoms with van der Waals surface area (Å²) in [5.74, 6) is -0.544. The van der Waals surface area contributed by atoms with Gasteiger partial charge in [0, 0.05) is 18.0 Å². The van der Waals surface area contributed by atoms with E-state index in [1.165, 1.54) is 4.88 Å². The maximum absolute atomic E-state index is 11.0. The first-order valence-corrected chi connectivity index (χ1v) is 7.21. The van der Waals surface area contributed by atoms with Crippen LogP contribution in [0.4, 0.5) is 0 Å². The van der Waals surface area contributed by atoms with Crippen molar-refractivity contribution in [2.24, 2.45) is 0 Å². The Bertz CT molecular complexity index is 554. The van der Waals surface area contributed by atoms with Crippen molar-refractivity contribution in [2.45, 2.75) is 6.54 Å². The lowest BCUT2D eigenvalue weighted by atomic mass is 10.2. The maximum Gasteiger partial charge on any atom is 0.339 e. The molecule has 2 aromatic rings. The zero-order chi connectivity index (χ0) is 14.4. The predicted octanol–water partition coefficient (Wildman–Crippen LogP) is 2.96. The van der Waals surface area contributed by atoms with Crippen molar-refractivity contribution in [3.8, 4) is 5.75 Å². The fraction of sp³-hybridized carbons (Fsp3) is 0.267. The van der Waals surface area contributed by atoms with Crippen molar-refractivity contribution in [3.63, 3.8) is 0 Å². The molecule has 0 amide bonds. The van der Waals surface area contributed by atoms with Gasteiger partial charge in [-0.25, -0.2) is 4.79 Å². The minimum absolute atomic E-state index is 0.202. The zero-order valence-corrected chi connectivity index (χ0v) is 12.1. The number of carbonyl (C=O) groups is 1. The fourth-order valence-electron chi connectivity index (χ4n) is 1.83. The first kappa shape index (κ1) is 14.6. The third-order valence-corrected chi connectivity index (χ3v) is 3.72. The molecule has 0 radical (unpaired) electrons. The van der Waals surface area contributed by atoms with E-state index in [2.05, 4.69) is 16.3 Å². The molecule has 0 aliphatic carbocycles. The molecular formula is C15H17NO3S. The largest absolute Gasteiger partial charge is 0.491 e. The predicted molar refractivity (Wildman–Crippen MR) is 79.5 cm³/mol. The van der Waals surface area contributed by atoms with E-state index in [4.69, 9.17) is 9.84 Å². The lowest BCUT2D eigenvalue weighted by Crippen LogP contribution is -2.23. The lowest BCUT2D eigenvalue weighted by molar-refractivity contribution is 0.0691. The van der Waals surface area contributed by atoms with Crippen molar-refractivity contribution >= 4 is 17.3 Å². The summed E-state index contributed by atoms with van der Waals surface area (Å²) in [6.45, 7) is 2.08. The zero-order valence-electron chi connectivity index (χ0n) is 11.3. The monoisotopic (exact) mass is 291 g/mol. The van der Waals surface area contributed by atoms with Gasteiger partial charge in [-0.2, -0.15) is 0 Å². The van der Waals surface area contributed by atoms with E-state index in [1.54, 1.807) is 35.6 Å². The van der Waals surface area contributed by atoms with Crippen LogP contribution in [0.25, 0.3) is 0 Å². The maximum atomic E-state index is 11.0. The molecule has 4 nitrogen and oxygen atoms in total. The average Bonchev–Trinajstić information content (AvgIpc) is 2.92. The van der Waals surface area contributed by atoms with Crippen molar-refractivity contribution < 1.29 is 14.6 Å². The van der Waals surface area contributed by atoms with Gasteiger partial charge in [-0.1, -0.05) is 18.2 Å². The van der Waals surface area contributed by atoms with E-state index < -0.39 is 5.97 Å². The van der Waals surface area contributed by atoms with E-state index in [1.807, 2.05) is 13.1 Å². The number of nitrogens with zero attached hydrogens (tertiary/aromatic N) is 1. The van der Waals surface area contributed by atoms with Crippen LogP contribution in [-0.2, 0) is 6.54 Å². The lowest BCUT2D eigenvalue weighted by Gasteiger charge is -2.16. The van der Waals surface area contributed by atoms with Crippen LogP contribution >= 0.6 is 11.3 Å². The third kappa shape index (κ3) is 4.08. The molecule has 1 aromatic carbocycles. The summed E-state index contributed by atoms with van der Waals surface area (Å²) in [5, 5.41) is 11.1. The Labute approximate surface area is 122 Å². The first-order valence-electron chi connectivity index (χ1n) is 6.33. The Balaban J connectivity index is 1.82. The highest BCUT2D eigenvalue weighted by atomic mass is 32.1. The summed E-state index contributed by atoms with van der Waals surface area (Å²) >= 11 is 1.73. The Morgan fingerprint density at radius 1 is 1.30 bits per heavy atom. The highest BCUT2D eigenvalue weighted by Crippen LogP contribution is 2.17. The van der Waals surface area contributed by atoms with Gasteiger partial charge in [0.1, 0.15) is 17.9 Å². The molecule has 0 atom stereocenters. The van der Waals surface area contributed by atoms with Crippen LogP contribution in [0.3, 0.4) is 0 Å². The minimum Gasteiger partial charge on any atom is -0.491 e. The fourth-order valence-corrected chi connectivity index (χ4v) is 2.61. The van der Waals surface area contributed by atoms with Gasteiger partial charge in [0.15, 0.2) is 0 Å². The smallest absolute Gasteiger partial charge is 0.339 e. The van der Waals surface area contributed by atoms with Gasteiger partial charge in [0.2, 0.25) is 0 Å². The van der Waals surface area contributed by atoms with Crippen LogP contribution < -0.4 is 4.74 Å². The molecule has 20 heavy (non-hydrogen) atoms. The number of hydrogen-bond donors (Lipinski definition) is 1. The summed E-state index contributed by atoms with van der Waals surface area (Å²) < 4.78 is 5.57. The van der Waals surface area contributed by atoms with Crippen LogP contribution in [0, 0.1) is 0 Å². The van der Waals surface area contributed by atoms with E-state index in [-0.39, 0.29) is 5.56 Å². The van der Waals surface area contributed by atoms with Gasteiger partial charge in [-0.15, -0.1) is 11.3 Å². The van der Waals surface area contributed by atoms with E-state index in [9.17, 15) is 4.79 Å². The summed E-state index contributed by atoms with van der Waals surface area (Å²) in [5.41, 5.74) is 0.202. The second-order valence-electron chi connectivity index (χ2n) is 4.47. The van der Waals surface area contributed by atoms with Crippen molar-refractivity contribution in [2.75, 3.05) is 20.2 Å². The molecule has 106 valence electrons. The minimum atomic E-state index is -0.965. The van der Waals surface area contributed by atoms with Gasteiger partial charge in [0.25, 0.3) is 0 Å². The Morgan fingerprint density at radius 2 is 2.10 bits per heavy atom. The number of aromatic carboxylic acids is 1. The highest BCUT2D eigenvalue weighted by molar-refractivity contribution is 7.09. The van der Waals surface area contributed by atoms with Crippen molar-refractivity contribution in [1.29, 1.82) is 0 Å². The second kappa shape index (κ2) is 7.07. The number of thiophene rings is 1. The third-order valence-electron chi connectivity index (χ3n) is 2.85. The Kier molecular flexibility index (Phi) is 5.15. The molecule has 1 N–H and O–H groups in total. The molecule has 0 unspecified atom stereocenters. The molecular weight excluding hydrogens is 274 g/mol. The topological polar surface area (TPSA) is 49.8 Å². The molecule has 0 fully saturated rings. The van der Waals surface area contributed by atoms with Crippen LogP contribution in [0.2, 0.25) is 0 Å². The molecule has 2 rings (SSSR count). The number of rotatable bonds is 7. The number of carboxylic acid groups (broad SMARTS) is 1. The van der Waals surface area contributed by atoms with Gasteiger partial charge in [-0.05, 0) is 30.6 Å². The Hall–Kier alpha value is -1.85. The molecule has 1 aromatic heterocycles. The van der Waals surface area contributed by atoms with Gasteiger partial charge in [-0.3, -0.25) is 4.90 Å². The standard InChI is InChI=1S/C15H17NO3S/c1-16(11-12-5-4-10-20-12)8-9-19-14-7-3-2-6-13(14)15(17)18/h2-7,10H,8-9,11H2,1H3,(H,17,18). The number of likely N-dealkylation sites (N-methyl/N-ethyl adjacent to an activating group) is 1. The highest BCUT2D eigenvalue weighted by Gasteiger charge is 2.10. The summed E-state index contributed by atoms with van der Waals surface area (Å²) in [7, 11) is 2.02. The summed E-state index contributed by atoms with van der Waals surface area (Å²) in [6, 6.07) is 10.8. The van der Waals surface area contributed by atoms with Crippen molar-refractivity contribution in [1.82, 2.24) is 4.90 Å². The Morgan fingerprint density at radius 3 is 2.80 bits per heavy atom. The van der Waals surface area contributed by atoms with Crippen LogP contribution in [0.5, 0.6) is 5.75 Å². The molecule has 0 spiro atoms. The molecule has 0 saturated carbocycles. The molecule has 0 saturated heterocycles. The molecule has 1 heterocycles. The number of hydrogen-bond acceptors (Lipinski definition) is 4. The average molecular weight is 291 g/mol. The van der Waals surface area contributed by atoms with E-state index >= 15 is 0 Å². The number of carboxylic acids is 1. The molecule has 0 aliphatic rings. The number of benzene rings is 1. The molecule has 5 heteroatoms. The van der Waals surface area contributed by atoms with Crippen LogP contribution in [0.1, 0.15) is 15.2 Å². The summed E-state index contributed by atoms with van der Waals surface area (Å²) in [6.07, 6.45) is 0. The van der Waals surface area contributed by atoms with Crippen molar-refractivity contribution in [3.05, 3.63) is 52.2 Å². The summed E-state index contributed by atoms with van der Waals surface area (Å²) in [4.78, 5) is 14.5. The number of ether oxygens (including phenoxy) is 1. The van der Waals surface area contributed by atoms with Gasteiger partial charge >= 0.3 is 5.97 Å². The quantitative estimate of drug-likeness (QED) is 0.852. The van der Waals surface area contributed by atoms with E-state index in [0.29, 0.717) is 12.4 Å². The van der Waals surface area contributed by atoms with Crippen LogP contribution in [-0.4, -0.2) is 36.2 Å². The SMILES string of the molecule is CN(CCOc1ccccc1C(=O)O)Cc1cccs1. The normalized spacial score (nSPS) is 10.7.